The lowest BCUT2D eigenvalue weighted by Crippen LogP contribution is -2.15. The minimum absolute atomic E-state index is 0.503. The van der Waals surface area contributed by atoms with E-state index in [1.54, 1.807) is 6.20 Å². The summed E-state index contributed by atoms with van der Waals surface area (Å²) in [4.78, 5) is 4.15. The van der Waals surface area contributed by atoms with Crippen LogP contribution in [-0.2, 0) is 6.54 Å². The Balaban J connectivity index is 1.72. The second-order valence-corrected chi connectivity index (χ2v) is 5.17. The van der Waals surface area contributed by atoms with E-state index >= 15 is 0 Å². The second-order valence-electron chi connectivity index (χ2n) is 4.76. The molecule has 19 heavy (non-hydrogen) atoms. The summed E-state index contributed by atoms with van der Waals surface area (Å²) < 4.78 is 5.58. The number of nitrogens with one attached hydrogen (secondary N) is 2. The highest BCUT2D eigenvalue weighted by molar-refractivity contribution is 6.31. The van der Waals surface area contributed by atoms with Gasteiger partial charge in [-0.2, -0.15) is 0 Å². The molecule has 0 spiro atoms. The third-order valence-corrected chi connectivity index (χ3v) is 3.30. The van der Waals surface area contributed by atoms with E-state index < -0.39 is 0 Å². The van der Waals surface area contributed by atoms with Crippen LogP contribution in [0.3, 0.4) is 0 Å². The van der Waals surface area contributed by atoms with Crippen molar-refractivity contribution >= 4 is 11.6 Å². The smallest absolute Gasteiger partial charge is 0.240 e. The number of aromatic amines is 1. The number of hydrogen-bond acceptors (Lipinski definition) is 4. The molecule has 1 fully saturated rings. The highest BCUT2D eigenvalue weighted by Crippen LogP contribution is 2.25. The molecule has 2 N–H and O–H groups in total. The third-order valence-electron chi connectivity index (χ3n) is 2.96. The summed E-state index contributed by atoms with van der Waals surface area (Å²) in [5, 5.41) is 10.9. The number of pyridine rings is 1. The molecule has 0 aliphatic heterocycles. The first-order chi connectivity index (χ1) is 9.20. The van der Waals surface area contributed by atoms with E-state index in [9.17, 15) is 0 Å². The average molecular weight is 279 g/mol. The summed E-state index contributed by atoms with van der Waals surface area (Å²) in [5.74, 6) is 1.01. The monoisotopic (exact) mass is 278 g/mol. The maximum absolute atomic E-state index is 6.13. The van der Waals surface area contributed by atoms with E-state index in [-0.39, 0.29) is 0 Å². The predicted molar refractivity (Wildman–Crippen MR) is 72.5 cm³/mol. The number of nitrogens with zero attached hydrogens (tertiary/aromatic N) is 2. The first-order valence-corrected chi connectivity index (χ1v) is 6.66. The number of rotatable bonds is 5. The van der Waals surface area contributed by atoms with Crippen molar-refractivity contribution < 1.29 is 4.74 Å². The van der Waals surface area contributed by atoms with Gasteiger partial charge in [0.2, 0.25) is 11.8 Å². The van der Waals surface area contributed by atoms with Crippen molar-refractivity contribution in [2.45, 2.75) is 32.4 Å². The van der Waals surface area contributed by atoms with Crippen molar-refractivity contribution in [3.05, 3.63) is 34.6 Å². The quantitative estimate of drug-likeness (QED) is 0.883. The molecule has 0 bridgehead atoms. The van der Waals surface area contributed by atoms with Gasteiger partial charge in [-0.3, -0.25) is 5.10 Å². The molecule has 0 amide bonds. The SMILES string of the molecule is Cc1cc(Oc2cc(CNC3CC3)c(Cl)cn2)n[nH]1. The summed E-state index contributed by atoms with van der Waals surface area (Å²) in [6.07, 6.45) is 4.11. The Kier molecular flexibility index (Phi) is 3.40. The van der Waals surface area contributed by atoms with Crippen LogP contribution in [0.25, 0.3) is 0 Å². The van der Waals surface area contributed by atoms with Crippen molar-refractivity contribution in [1.82, 2.24) is 20.5 Å². The number of H-pyrrole nitrogens is 1. The molecule has 100 valence electrons. The molecule has 0 saturated heterocycles. The van der Waals surface area contributed by atoms with Gasteiger partial charge < -0.3 is 10.1 Å². The number of halogens is 1. The fraction of sp³-hybridized carbons (Fsp3) is 0.385. The standard InChI is InChI=1S/C13H15ClN4O/c1-8-4-13(18-17-8)19-12-5-9(11(14)7-16-12)6-15-10-2-3-10/h4-5,7,10,15H,2-3,6H2,1H3,(H,17,18). The number of hydrogen-bond donors (Lipinski definition) is 2. The van der Waals surface area contributed by atoms with Gasteiger partial charge in [-0.25, -0.2) is 4.98 Å². The fourth-order valence-corrected chi connectivity index (χ4v) is 1.91. The molecule has 1 aliphatic rings. The Morgan fingerprint density at radius 3 is 2.95 bits per heavy atom. The molecule has 3 rings (SSSR count). The lowest BCUT2D eigenvalue weighted by molar-refractivity contribution is 0.442. The van der Waals surface area contributed by atoms with Gasteiger partial charge in [0.1, 0.15) is 0 Å². The van der Waals surface area contributed by atoms with E-state index in [4.69, 9.17) is 16.3 Å². The zero-order chi connectivity index (χ0) is 13.2. The van der Waals surface area contributed by atoms with Gasteiger partial charge in [-0.15, -0.1) is 5.10 Å². The molecule has 6 heteroatoms. The van der Waals surface area contributed by atoms with Crippen LogP contribution in [-0.4, -0.2) is 21.2 Å². The summed E-state index contributed by atoms with van der Waals surface area (Å²) in [6.45, 7) is 2.65. The summed E-state index contributed by atoms with van der Waals surface area (Å²) >= 11 is 6.13. The predicted octanol–water partition coefficient (Wildman–Crippen LogP) is 2.81. The Labute approximate surface area is 116 Å². The zero-order valence-electron chi connectivity index (χ0n) is 10.6. The molecule has 5 nitrogen and oxygen atoms in total. The Hall–Kier alpha value is -1.59. The maximum atomic E-state index is 6.13. The summed E-state index contributed by atoms with van der Waals surface area (Å²) in [6, 6.07) is 4.31. The number of aryl methyl sites for hydroxylation is 1. The van der Waals surface area contributed by atoms with Gasteiger partial charge in [-0.05, 0) is 25.3 Å². The van der Waals surface area contributed by atoms with E-state index in [2.05, 4.69) is 20.5 Å². The molecular formula is C13H15ClN4O. The van der Waals surface area contributed by atoms with Crippen LogP contribution >= 0.6 is 11.6 Å². The van der Waals surface area contributed by atoms with Crippen LogP contribution in [0.15, 0.2) is 18.3 Å². The fourth-order valence-electron chi connectivity index (χ4n) is 1.74. The number of aromatic nitrogens is 3. The van der Waals surface area contributed by atoms with Gasteiger partial charge in [0.05, 0.1) is 5.02 Å². The average Bonchev–Trinajstić information content (AvgIpc) is 3.13. The molecule has 2 heterocycles. The summed E-state index contributed by atoms with van der Waals surface area (Å²) in [5.41, 5.74) is 1.94. The lowest BCUT2D eigenvalue weighted by Gasteiger charge is -2.07. The van der Waals surface area contributed by atoms with Gasteiger partial charge in [0.25, 0.3) is 0 Å². The van der Waals surface area contributed by atoms with Crippen molar-refractivity contribution in [2.24, 2.45) is 0 Å². The topological polar surface area (TPSA) is 62.8 Å². The van der Waals surface area contributed by atoms with Gasteiger partial charge >= 0.3 is 0 Å². The van der Waals surface area contributed by atoms with Crippen LogP contribution in [0.2, 0.25) is 5.02 Å². The minimum atomic E-state index is 0.503. The van der Waals surface area contributed by atoms with Crippen LogP contribution in [0, 0.1) is 6.92 Å². The minimum Gasteiger partial charge on any atom is -0.419 e. The highest BCUT2D eigenvalue weighted by atomic mass is 35.5. The van der Waals surface area contributed by atoms with Crippen molar-refractivity contribution in [2.75, 3.05) is 0 Å². The molecule has 0 radical (unpaired) electrons. The van der Waals surface area contributed by atoms with Gasteiger partial charge in [0, 0.05) is 36.6 Å². The molecule has 2 aromatic rings. The van der Waals surface area contributed by atoms with Crippen LogP contribution < -0.4 is 10.1 Å². The number of ether oxygens (including phenoxy) is 1. The normalized spacial score (nSPS) is 14.6. The van der Waals surface area contributed by atoms with Crippen LogP contribution in [0.1, 0.15) is 24.1 Å². The van der Waals surface area contributed by atoms with Crippen molar-refractivity contribution in [3.63, 3.8) is 0 Å². The van der Waals surface area contributed by atoms with Crippen molar-refractivity contribution in [1.29, 1.82) is 0 Å². The largest absolute Gasteiger partial charge is 0.419 e. The summed E-state index contributed by atoms with van der Waals surface area (Å²) in [7, 11) is 0. The van der Waals surface area contributed by atoms with Crippen molar-refractivity contribution in [3.8, 4) is 11.8 Å². The Bertz CT molecular complexity index is 580. The molecule has 2 aromatic heterocycles. The van der Waals surface area contributed by atoms with E-state index in [0.717, 1.165) is 17.8 Å². The van der Waals surface area contributed by atoms with Crippen LogP contribution in [0.4, 0.5) is 0 Å². The maximum Gasteiger partial charge on any atom is 0.240 e. The van der Waals surface area contributed by atoms with E-state index in [0.29, 0.717) is 22.8 Å². The highest BCUT2D eigenvalue weighted by Gasteiger charge is 2.20. The Morgan fingerprint density at radius 1 is 1.42 bits per heavy atom. The first-order valence-electron chi connectivity index (χ1n) is 6.28. The first kappa shape index (κ1) is 12.4. The Morgan fingerprint density at radius 2 is 2.26 bits per heavy atom. The van der Waals surface area contributed by atoms with Crippen LogP contribution in [0.5, 0.6) is 11.8 Å². The molecule has 1 saturated carbocycles. The molecule has 0 unspecified atom stereocenters. The molecule has 0 atom stereocenters. The molecular weight excluding hydrogens is 264 g/mol. The molecule has 0 aromatic carbocycles. The zero-order valence-corrected chi connectivity index (χ0v) is 11.4. The lowest BCUT2D eigenvalue weighted by atomic mass is 10.2. The van der Waals surface area contributed by atoms with Gasteiger partial charge in [0.15, 0.2) is 0 Å². The molecule has 1 aliphatic carbocycles. The second kappa shape index (κ2) is 5.19. The van der Waals surface area contributed by atoms with Gasteiger partial charge in [-0.1, -0.05) is 11.6 Å². The third kappa shape index (κ3) is 3.24. The van der Waals surface area contributed by atoms with E-state index in [1.165, 1.54) is 12.8 Å². The van der Waals surface area contributed by atoms with E-state index in [1.807, 2.05) is 19.1 Å².